The number of carboxylic acid groups (broad SMARTS) is 1. The summed E-state index contributed by atoms with van der Waals surface area (Å²) in [6.45, 7) is 1.15. The molecule has 8 heteroatoms. The molecule has 1 aromatic heterocycles. The Hall–Kier alpha value is -3.44. The molecule has 3 aliphatic heterocycles. The van der Waals surface area contributed by atoms with Crippen molar-refractivity contribution in [3.05, 3.63) is 63.5 Å². The summed E-state index contributed by atoms with van der Waals surface area (Å²) in [6.07, 6.45) is 11.9. The number of fused-ring (bicyclic) bond motifs is 3. The lowest BCUT2D eigenvalue weighted by Gasteiger charge is -2.47. The molecule has 2 aromatic rings. The second-order valence-electron chi connectivity index (χ2n) is 8.27. The van der Waals surface area contributed by atoms with Crippen molar-refractivity contribution >= 4 is 40.4 Å². The van der Waals surface area contributed by atoms with E-state index in [1.54, 1.807) is 6.20 Å². The topological polar surface area (TPSA) is 68.7 Å². The van der Waals surface area contributed by atoms with Crippen LogP contribution in [0, 0.1) is 18.2 Å². The highest BCUT2D eigenvalue weighted by atomic mass is 32.2. The molecule has 0 bridgehead atoms. The lowest BCUT2D eigenvalue weighted by molar-refractivity contribution is 0.0706. The number of pyridine rings is 1. The molecule has 4 aliphatic rings. The highest BCUT2D eigenvalue weighted by Crippen LogP contribution is 2.41. The van der Waals surface area contributed by atoms with Crippen LogP contribution in [0.1, 0.15) is 29.5 Å². The zero-order valence-corrected chi connectivity index (χ0v) is 17.8. The van der Waals surface area contributed by atoms with Gasteiger partial charge in [0.25, 0.3) is 0 Å². The van der Waals surface area contributed by atoms with Crippen molar-refractivity contribution in [2.45, 2.75) is 24.9 Å². The Morgan fingerprint density at radius 3 is 3.06 bits per heavy atom. The fourth-order valence-electron chi connectivity index (χ4n) is 5.21. The fraction of sp³-hybridized carbons (Fsp3) is 0.250. The van der Waals surface area contributed by atoms with Crippen LogP contribution in [0.3, 0.4) is 0 Å². The Kier molecular flexibility index (Phi) is 4.24. The number of nitrogens with one attached hydrogen (secondary N) is 1. The fourth-order valence-corrected chi connectivity index (χ4v) is 6.20. The van der Waals surface area contributed by atoms with E-state index in [-0.39, 0.29) is 17.9 Å². The van der Waals surface area contributed by atoms with E-state index < -0.39 is 6.09 Å². The summed E-state index contributed by atoms with van der Waals surface area (Å²) < 4.78 is 18.9. The Morgan fingerprint density at radius 2 is 2.25 bits per heavy atom. The minimum Gasteiger partial charge on any atom is -0.465 e. The number of nitrogens with zero attached hydrogens (tertiary/aromatic N) is 3. The van der Waals surface area contributed by atoms with Gasteiger partial charge in [-0.2, -0.15) is 0 Å². The number of likely N-dealkylation sites (tertiary alicyclic amines) is 2. The van der Waals surface area contributed by atoms with Crippen molar-refractivity contribution in [1.82, 2.24) is 14.8 Å². The average Bonchev–Trinajstić information content (AvgIpc) is 3.35. The van der Waals surface area contributed by atoms with Gasteiger partial charge in [0.05, 0.1) is 23.0 Å². The van der Waals surface area contributed by atoms with Gasteiger partial charge in [0, 0.05) is 42.4 Å². The van der Waals surface area contributed by atoms with Crippen molar-refractivity contribution in [1.29, 1.82) is 0 Å². The number of aromatic nitrogens is 1. The van der Waals surface area contributed by atoms with Crippen LogP contribution in [0.4, 0.5) is 14.9 Å². The Labute approximate surface area is 188 Å². The van der Waals surface area contributed by atoms with Crippen LogP contribution < -0.4 is 15.3 Å². The molecule has 32 heavy (non-hydrogen) atoms. The molecular formula is C24H19FN4O2S. The van der Waals surface area contributed by atoms with E-state index in [1.807, 2.05) is 30.4 Å². The smallest absolute Gasteiger partial charge is 0.407 e. The summed E-state index contributed by atoms with van der Waals surface area (Å²) in [5.41, 5.74) is 3.77. The lowest BCUT2D eigenvalue weighted by Crippen LogP contribution is -2.61. The van der Waals surface area contributed by atoms with Gasteiger partial charge < -0.3 is 19.6 Å². The number of anilines is 1. The summed E-state index contributed by atoms with van der Waals surface area (Å²) >= 11 is 1.37. The van der Waals surface area contributed by atoms with E-state index >= 15 is 4.39 Å². The largest absolute Gasteiger partial charge is 0.465 e. The molecule has 1 aliphatic carbocycles. The number of halogens is 1. The van der Waals surface area contributed by atoms with Gasteiger partial charge in [-0.1, -0.05) is 30.2 Å². The zero-order valence-electron chi connectivity index (χ0n) is 17.0. The molecule has 1 amide bonds. The Balaban J connectivity index is 1.46. The molecule has 2 saturated heterocycles. The maximum Gasteiger partial charge on any atom is 0.407 e. The van der Waals surface area contributed by atoms with Crippen molar-refractivity contribution in [3.63, 3.8) is 0 Å². The normalized spacial score (nSPS) is 24.3. The van der Waals surface area contributed by atoms with Crippen molar-refractivity contribution in [2.24, 2.45) is 0 Å². The standard InChI is InChI=1S/C24H19FN4O2S/c1-2-13-5-3-6-14-7-4-8-15(19(13)14)21-20(25)22-16(11-26-21)23(32-27-22)29-12-18-17(29)9-10-28(18)24(30)31/h1,3-7,11,17-18,27H,8-10,12H2,(H,30,31). The molecule has 6 rings (SSSR count). The maximum atomic E-state index is 15.7. The second-order valence-corrected chi connectivity index (χ2v) is 9.06. The van der Waals surface area contributed by atoms with Crippen molar-refractivity contribution < 1.29 is 14.3 Å². The SMILES string of the molecule is C#Cc1cccc2c1C(=c1ncc3c(c1F)NSC=3N1CC3C1CCN3C(=O)O)CC=C2. The first-order valence-electron chi connectivity index (χ1n) is 10.5. The van der Waals surface area contributed by atoms with E-state index in [0.29, 0.717) is 30.5 Å². The van der Waals surface area contributed by atoms with E-state index in [0.717, 1.165) is 38.9 Å². The minimum absolute atomic E-state index is 0.00463. The first kappa shape index (κ1) is 19.3. The van der Waals surface area contributed by atoms with Crippen LogP contribution in [-0.2, 0) is 0 Å². The first-order valence-corrected chi connectivity index (χ1v) is 11.3. The maximum absolute atomic E-state index is 15.7. The second kappa shape index (κ2) is 7.04. The third-order valence-corrected chi connectivity index (χ3v) is 7.71. The van der Waals surface area contributed by atoms with E-state index in [9.17, 15) is 9.90 Å². The molecule has 160 valence electrons. The first-order chi connectivity index (χ1) is 15.6. The number of terminal acetylenes is 1. The van der Waals surface area contributed by atoms with Crippen LogP contribution in [0.2, 0.25) is 0 Å². The predicted octanol–water partition coefficient (Wildman–Crippen LogP) is 2.39. The summed E-state index contributed by atoms with van der Waals surface area (Å²) in [5, 5.41) is 11.3. The van der Waals surface area contributed by atoms with E-state index in [1.165, 1.54) is 16.8 Å². The van der Waals surface area contributed by atoms with Crippen LogP contribution >= 0.6 is 11.9 Å². The summed E-state index contributed by atoms with van der Waals surface area (Å²) in [4.78, 5) is 19.6. The van der Waals surface area contributed by atoms with Crippen LogP contribution in [-0.4, -0.2) is 51.2 Å². The molecule has 2 N–H and O–H groups in total. The van der Waals surface area contributed by atoms with Gasteiger partial charge in [0.15, 0.2) is 5.82 Å². The highest BCUT2D eigenvalue weighted by Gasteiger charge is 2.50. The quantitative estimate of drug-likeness (QED) is 0.518. The number of allylic oxidation sites excluding steroid dienone is 1. The third-order valence-electron chi connectivity index (χ3n) is 6.76. The highest BCUT2D eigenvalue weighted by molar-refractivity contribution is 8.09. The summed E-state index contributed by atoms with van der Waals surface area (Å²) in [5.74, 6) is 2.33. The van der Waals surface area contributed by atoms with Gasteiger partial charge in [-0.15, -0.1) is 6.42 Å². The van der Waals surface area contributed by atoms with Gasteiger partial charge >= 0.3 is 6.09 Å². The predicted molar refractivity (Wildman–Crippen MR) is 122 cm³/mol. The van der Waals surface area contributed by atoms with E-state index in [2.05, 4.69) is 20.5 Å². The van der Waals surface area contributed by atoms with E-state index in [4.69, 9.17) is 6.42 Å². The van der Waals surface area contributed by atoms with Crippen molar-refractivity contribution in [3.8, 4) is 12.3 Å². The minimum atomic E-state index is -0.873. The summed E-state index contributed by atoms with van der Waals surface area (Å²) in [6, 6.07) is 5.88. The van der Waals surface area contributed by atoms with Crippen LogP contribution in [0.5, 0.6) is 0 Å². The molecule has 0 saturated carbocycles. The molecule has 0 radical (unpaired) electrons. The van der Waals surface area contributed by atoms with Gasteiger partial charge in [0.2, 0.25) is 0 Å². The molecular weight excluding hydrogens is 427 g/mol. The number of carbonyl (C=O) groups is 1. The number of benzene rings is 1. The van der Waals surface area contributed by atoms with Crippen LogP contribution in [0.25, 0.3) is 16.7 Å². The Bertz CT molecular complexity index is 1380. The lowest BCUT2D eigenvalue weighted by atomic mass is 9.88. The molecule has 2 fully saturated rings. The molecule has 1 aromatic carbocycles. The third kappa shape index (κ3) is 2.61. The Morgan fingerprint density at radius 1 is 1.38 bits per heavy atom. The van der Waals surface area contributed by atoms with Gasteiger partial charge in [-0.05, 0) is 30.0 Å². The molecule has 2 atom stereocenters. The number of hydrogen-bond acceptors (Lipinski definition) is 5. The van der Waals surface area contributed by atoms with Crippen molar-refractivity contribution in [2.75, 3.05) is 17.8 Å². The zero-order chi connectivity index (χ0) is 22.0. The van der Waals surface area contributed by atoms with Gasteiger partial charge in [-0.3, -0.25) is 4.98 Å². The molecule has 0 spiro atoms. The number of hydrogen-bond donors (Lipinski definition) is 2. The van der Waals surface area contributed by atoms with Gasteiger partial charge in [0.1, 0.15) is 10.4 Å². The number of amides is 1. The summed E-state index contributed by atoms with van der Waals surface area (Å²) in [7, 11) is 0. The molecule has 4 heterocycles. The van der Waals surface area contributed by atoms with Crippen LogP contribution in [0.15, 0.2) is 30.5 Å². The monoisotopic (exact) mass is 446 g/mol. The van der Waals surface area contributed by atoms with Gasteiger partial charge in [-0.25, -0.2) is 9.18 Å². The average molecular weight is 447 g/mol. The molecule has 2 unspecified atom stereocenters. The molecule has 6 nitrogen and oxygen atoms in total. The number of rotatable bonds is 1.